The highest BCUT2D eigenvalue weighted by Gasteiger charge is 2.44. The number of hydrogen-bond donors (Lipinski definition) is 0. The zero-order chi connectivity index (χ0) is 18.0. The van der Waals surface area contributed by atoms with E-state index in [1.807, 2.05) is 6.07 Å². The van der Waals surface area contributed by atoms with Crippen molar-refractivity contribution in [3.8, 4) is 0 Å². The monoisotopic (exact) mass is 342 g/mol. The highest BCUT2D eigenvalue weighted by atomic mass is 16.5. The maximum atomic E-state index is 12.4. The van der Waals surface area contributed by atoms with E-state index in [1.165, 1.54) is 19.2 Å². The van der Waals surface area contributed by atoms with Crippen LogP contribution >= 0.6 is 0 Å². The van der Waals surface area contributed by atoms with Gasteiger partial charge < -0.3 is 9.15 Å². The van der Waals surface area contributed by atoms with Gasteiger partial charge in [0.1, 0.15) is 5.76 Å². The zero-order valence-electron chi connectivity index (χ0n) is 13.3. The van der Waals surface area contributed by atoms with Gasteiger partial charge in [-0.1, -0.05) is 30.3 Å². The van der Waals surface area contributed by atoms with Gasteiger partial charge in [0, 0.05) is 0 Å². The van der Waals surface area contributed by atoms with E-state index in [0.29, 0.717) is 0 Å². The average molecular weight is 342 g/mol. The number of imide groups is 2. The number of ether oxygens (including phenoxy) is 1. The van der Waals surface area contributed by atoms with Gasteiger partial charge in [-0.15, -0.1) is 0 Å². The first kappa shape index (κ1) is 16.4. The van der Waals surface area contributed by atoms with Gasteiger partial charge in [-0.05, 0) is 17.7 Å². The standard InChI is InChI=1S/C17H14N2O6/c1-24-16(22)13-8-7-12(25-13)10-19-15(21)14(20)18(17(19)23)9-11-5-3-2-4-6-11/h2-8H,9-10H2,1H3. The van der Waals surface area contributed by atoms with Gasteiger partial charge >= 0.3 is 23.8 Å². The molecule has 1 fully saturated rings. The Balaban J connectivity index is 1.75. The number of urea groups is 1. The third-order valence-corrected chi connectivity index (χ3v) is 3.68. The second-order valence-corrected chi connectivity index (χ2v) is 5.31. The third kappa shape index (κ3) is 3.14. The molecule has 0 radical (unpaired) electrons. The first-order valence-electron chi connectivity index (χ1n) is 7.39. The molecule has 0 aliphatic carbocycles. The summed E-state index contributed by atoms with van der Waals surface area (Å²) in [4.78, 5) is 49.6. The van der Waals surface area contributed by atoms with Gasteiger partial charge in [0.05, 0.1) is 20.2 Å². The van der Waals surface area contributed by atoms with Crippen molar-refractivity contribution in [3.63, 3.8) is 0 Å². The number of furan rings is 1. The van der Waals surface area contributed by atoms with E-state index >= 15 is 0 Å². The first-order chi connectivity index (χ1) is 12.0. The molecule has 0 atom stereocenters. The molecule has 1 aromatic carbocycles. The molecule has 4 amide bonds. The fourth-order valence-electron chi connectivity index (χ4n) is 2.42. The Kier molecular flexibility index (Phi) is 4.34. The van der Waals surface area contributed by atoms with Crippen LogP contribution in [0.3, 0.4) is 0 Å². The smallest absolute Gasteiger partial charge is 0.373 e. The van der Waals surface area contributed by atoms with Crippen molar-refractivity contribution in [2.24, 2.45) is 0 Å². The number of nitrogens with zero attached hydrogens (tertiary/aromatic N) is 2. The molecule has 0 spiro atoms. The molecule has 1 aliphatic heterocycles. The maximum absolute atomic E-state index is 12.4. The van der Waals surface area contributed by atoms with Gasteiger partial charge in [-0.3, -0.25) is 14.5 Å². The minimum atomic E-state index is -0.933. The second-order valence-electron chi connectivity index (χ2n) is 5.31. The number of carbonyl (C=O) groups excluding carboxylic acids is 4. The van der Waals surface area contributed by atoms with Crippen LogP contribution in [-0.4, -0.2) is 40.7 Å². The molecule has 1 aromatic heterocycles. The van der Waals surface area contributed by atoms with E-state index in [9.17, 15) is 19.2 Å². The van der Waals surface area contributed by atoms with E-state index in [1.54, 1.807) is 24.3 Å². The third-order valence-electron chi connectivity index (χ3n) is 3.68. The Morgan fingerprint density at radius 3 is 2.24 bits per heavy atom. The lowest BCUT2D eigenvalue weighted by Crippen LogP contribution is -2.32. The molecule has 1 saturated heterocycles. The van der Waals surface area contributed by atoms with Gasteiger partial charge in [0.15, 0.2) is 0 Å². The summed E-state index contributed by atoms with van der Waals surface area (Å²) < 4.78 is 9.75. The van der Waals surface area contributed by atoms with E-state index in [2.05, 4.69) is 4.74 Å². The van der Waals surface area contributed by atoms with Gasteiger partial charge in [0.2, 0.25) is 5.76 Å². The zero-order valence-corrected chi connectivity index (χ0v) is 13.3. The summed E-state index contributed by atoms with van der Waals surface area (Å²) in [5.74, 6) is -2.36. The van der Waals surface area contributed by atoms with Crippen LogP contribution in [-0.2, 0) is 27.4 Å². The summed E-state index contributed by atoms with van der Waals surface area (Å²) in [7, 11) is 1.21. The predicted octanol–water partition coefficient (Wildman–Crippen LogP) is 1.56. The molecular weight excluding hydrogens is 328 g/mol. The van der Waals surface area contributed by atoms with Gasteiger partial charge in [-0.25, -0.2) is 14.5 Å². The fraction of sp³-hybridized carbons (Fsp3) is 0.176. The Morgan fingerprint density at radius 2 is 1.60 bits per heavy atom. The highest BCUT2D eigenvalue weighted by Crippen LogP contribution is 2.20. The molecule has 8 heteroatoms. The van der Waals surface area contributed by atoms with Crippen molar-refractivity contribution in [2.45, 2.75) is 13.1 Å². The lowest BCUT2D eigenvalue weighted by molar-refractivity contribution is -0.143. The molecule has 0 N–H and O–H groups in total. The molecule has 8 nitrogen and oxygen atoms in total. The molecule has 128 valence electrons. The SMILES string of the molecule is COC(=O)c1ccc(CN2C(=O)C(=O)N(Cc3ccccc3)C2=O)o1. The van der Waals surface area contributed by atoms with Crippen molar-refractivity contribution in [1.29, 1.82) is 0 Å². The van der Waals surface area contributed by atoms with Crippen molar-refractivity contribution < 1.29 is 28.3 Å². The van der Waals surface area contributed by atoms with Crippen LogP contribution in [0.5, 0.6) is 0 Å². The normalized spacial score (nSPS) is 14.4. The highest BCUT2D eigenvalue weighted by molar-refractivity contribution is 6.44. The number of hydrogen-bond acceptors (Lipinski definition) is 6. The fourth-order valence-corrected chi connectivity index (χ4v) is 2.42. The van der Waals surface area contributed by atoms with Crippen molar-refractivity contribution >= 4 is 23.8 Å². The lowest BCUT2D eigenvalue weighted by Gasteiger charge is -2.14. The van der Waals surface area contributed by atoms with Crippen LogP contribution in [0, 0.1) is 0 Å². The van der Waals surface area contributed by atoms with Crippen LogP contribution in [0.2, 0.25) is 0 Å². The summed E-state index contributed by atoms with van der Waals surface area (Å²) in [6, 6.07) is 11.0. The number of benzene rings is 1. The van der Waals surface area contributed by atoms with E-state index in [4.69, 9.17) is 4.42 Å². The number of rotatable bonds is 5. The largest absolute Gasteiger partial charge is 0.463 e. The molecule has 2 aromatic rings. The van der Waals surface area contributed by atoms with Crippen molar-refractivity contribution in [2.75, 3.05) is 7.11 Å². The molecule has 3 rings (SSSR count). The molecule has 1 aliphatic rings. The Morgan fingerprint density at radius 1 is 0.960 bits per heavy atom. The minimum absolute atomic E-state index is 0.00626. The second kappa shape index (κ2) is 6.60. The van der Waals surface area contributed by atoms with Gasteiger partial charge in [-0.2, -0.15) is 0 Å². The van der Waals surface area contributed by atoms with Crippen LogP contribution in [0.25, 0.3) is 0 Å². The first-order valence-corrected chi connectivity index (χ1v) is 7.39. The molecule has 0 unspecified atom stereocenters. The molecule has 2 heterocycles. The average Bonchev–Trinajstić information content (AvgIpc) is 3.17. The minimum Gasteiger partial charge on any atom is -0.463 e. The molecule has 0 saturated carbocycles. The molecular formula is C17H14N2O6. The van der Waals surface area contributed by atoms with Crippen LogP contribution < -0.4 is 0 Å². The Bertz CT molecular complexity index is 842. The quantitative estimate of drug-likeness (QED) is 0.465. The van der Waals surface area contributed by atoms with E-state index in [-0.39, 0.29) is 24.6 Å². The van der Waals surface area contributed by atoms with E-state index < -0.39 is 23.8 Å². The van der Waals surface area contributed by atoms with E-state index in [0.717, 1.165) is 15.4 Å². The topological polar surface area (TPSA) is 97.1 Å². The summed E-state index contributed by atoms with van der Waals surface area (Å²) in [6.07, 6.45) is 0. The maximum Gasteiger partial charge on any atom is 0.373 e. The van der Waals surface area contributed by atoms with Crippen molar-refractivity contribution in [3.05, 3.63) is 59.5 Å². The summed E-state index contributed by atoms with van der Waals surface area (Å²) >= 11 is 0. The van der Waals surface area contributed by atoms with Crippen LogP contribution in [0.15, 0.2) is 46.9 Å². The number of esters is 1. The summed E-state index contributed by atoms with van der Waals surface area (Å²) in [6.45, 7) is -0.238. The number of methoxy groups -OCH3 is 1. The van der Waals surface area contributed by atoms with Crippen LogP contribution in [0.4, 0.5) is 4.79 Å². The number of carbonyl (C=O) groups is 4. The molecule has 25 heavy (non-hydrogen) atoms. The molecule has 0 bridgehead atoms. The Labute approximate surface area is 142 Å². The Hall–Kier alpha value is -3.42. The van der Waals surface area contributed by atoms with Crippen LogP contribution in [0.1, 0.15) is 21.9 Å². The predicted molar refractivity (Wildman–Crippen MR) is 83.0 cm³/mol. The van der Waals surface area contributed by atoms with Gasteiger partial charge in [0.25, 0.3) is 0 Å². The van der Waals surface area contributed by atoms with Crippen molar-refractivity contribution in [1.82, 2.24) is 9.80 Å². The summed E-state index contributed by atoms with van der Waals surface area (Å²) in [5, 5.41) is 0. The summed E-state index contributed by atoms with van der Waals surface area (Å²) in [5.41, 5.74) is 0.727. The number of amides is 4. The lowest BCUT2D eigenvalue weighted by atomic mass is 10.2.